The van der Waals surface area contributed by atoms with E-state index < -0.39 is 0 Å². The molecule has 0 aromatic heterocycles. The van der Waals surface area contributed by atoms with Gasteiger partial charge in [-0.1, -0.05) is 0 Å². The third kappa shape index (κ3) is 55.5. The van der Waals surface area contributed by atoms with Gasteiger partial charge in [-0.2, -0.15) is 0 Å². The molecule has 0 heterocycles. The van der Waals surface area contributed by atoms with Gasteiger partial charge in [-0.3, -0.25) is 0 Å². The molecule has 35 valence electrons. The molecule has 0 rings (SSSR count). The normalized spacial score (nSPS) is 4.33. The molecule has 5 heteroatoms. The average molecular weight is 410 g/mol. The Hall–Kier alpha value is 1.35. The minimum absolute atomic E-state index is 0.292. The Labute approximate surface area is 60.2 Å². The Bertz CT molecular complexity index is 25.5. The van der Waals surface area contributed by atoms with Crippen molar-refractivity contribution in [2.45, 2.75) is 0 Å². The Balaban J connectivity index is 0. The fourth-order valence-corrected chi connectivity index (χ4v) is 0. The van der Waals surface area contributed by atoms with Gasteiger partial charge in [0.25, 0.3) is 0 Å². The Morgan fingerprint density at radius 2 is 1.67 bits per heavy atom. The van der Waals surface area contributed by atoms with Crippen LogP contribution >= 0.6 is 24.0 Å². The fraction of sp³-hybridized carbons (Fsp3) is 0. The second kappa shape index (κ2) is 16.2. The Kier molecular flexibility index (Phi) is 27.9. The van der Waals surface area contributed by atoms with Crippen LogP contribution in [-0.4, -0.2) is 25.8 Å². The zero-order chi connectivity index (χ0) is 5.41. The molecular weight excluding hydrogens is 407 g/mol. The molecule has 0 aliphatic heterocycles. The molecule has 0 saturated carbocycles. The van der Waals surface area contributed by atoms with Crippen LogP contribution in [0.15, 0.2) is 0 Å². The third-order valence-electron chi connectivity index (χ3n) is 0. The van der Waals surface area contributed by atoms with Crippen molar-refractivity contribution >= 4 is 49.7 Å². The van der Waals surface area contributed by atoms with Crippen molar-refractivity contribution in [1.82, 2.24) is 0 Å². The molecule has 0 saturated heterocycles. The first kappa shape index (κ1) is 10.4. The first-order chi connectivity index (χ1) is 2.83. The van der Waals surface area contributed by atoms with Gasteiger partial charge in [-0.15, -0.1) is 6.34 Å². The third-order valence-corrected chi connectivity index (χ3v) is 0. The topological polar surface area (TPSA) is 47.7 Å². The summed E-state index contributed by atoms with van der Waals surface area (Å²) in [5.41, 5.74) is 5.75. The van der Waals surface area contributed by atoms with Crippen LogP contribution < -0.4 is 0 Å². The number of nitrogens with one attached hydrogen (secondary N) is 2. The van der Waals surface area contributed by atoms with Gasteiger partial charge in [0.1, 0.15) is 0 Å². The van der Waals surface area contributed by atoms with Gasteiger partial charge in [-0.05, 0) is 0 Å². The standard InChI is InChI=1S/CH3N2.2BrH.Pb/c2-1-3;;;/h1H,(H2-,2,3);2*1H;/q-1;;;+3/p-2. The molecule has 6 heavy (non-hydrogen) atoms. The number of hydrogen-bond acceptors (Lipinski definition) is 1. The van der Waals surface area contributed by atoms with Crippen LogP contribution in [0, 0.1) is 5.41 Å². The summed E-state index contributed by atoms with van der Waals surface area (Å²) in [6.07, 6.45) is 0.500. The first-order valence-electron chi connectivity index (χ1n) is 0.955. The monoisotopic (exact) mass is 409 g/mol. The van der Waals surface area contributed by atoms with Crippen LogP contribution in [0.2, 0.25) is 0 Å². The van der Waals surface area contributed by atoms with Gasteiger partial charge < -0.3 is 11.1 Å². The molecule has 0 bridgehead atoms. The second-order valence-electron chi connectivity index (χ2n) is 0.216. The molecule has 0 aromatic carbocycles. The van der Waals surface area contributed by atoms with Crippen LogP contribution in [0.5, 0.6) is 0 Å². The molecule has 2 nitrogen and oxygen atoms in total. The second-order valence-corrected chi connectivity index (χ2v) is 17.1. The molecule has 0 aliphatic carbocycles. The molecule has 0 fully saturated rings. The minimum atomic E-state index is -0.292. The summed E-state index contributed by atoms with van der Waals surface area (Å²) in [6, 6.07) is 0. The van der Waals surface area contributed by atoms with Crippen molar-refractivity contribution < 1.29 is 0 Å². The summed E-state index contributed by atoms with van der Waals surface area (Å²) in [5, 5.41) is 5.75. The maximum absolute atomic E-state index is 5.75. The first-order valence-corrected chi connectivity index (χ1v) is 17.8. The summed E-state index contributed by atoms with van der Waals surface area (Å²) in [4.78, 5) is 0. The molecule has 0 spiro atoms. The van der Waals surface area contributed by atoms with E-state index in [2.05, 4.69) is 24.0 Å². The van der Waals surface area contributed by atoms with E-state index in [0.29, 0.717) is 6.34 Å². The predicted octanol–water partition coefficient (Wildman–Crippen LogP) is 1.96. The van der Waals surface area contributed by atoms with Crippen LogP contribution in [-0.2, 0) is 0 Å². The molecule has 0 aromatic rings. The maximum atomic E-state index is 5.75. The van der Waals surface area contributed by atoms with Crippen molar-refractivity contribution in [3.8, 4) is 0 Å². The summed E-state index contributed by atoms with van der Waals surface area (Å²) in [5.74, 6) is 0. The van der Waals surface area contributed by atoms with Crippen LogP contribution in [0.3, 0.4) is 0 Å². The summed E-state index contributed by atoms with van der Waals surface area (Å²) in [6.45, 7) is 0. The van der Waals surface area contributed by atoms with E-state index in [1.807, 2.05) is 0 Å². The predicted molar refractivity (Wildman–Crippen MR) is 36.7 cm³/mol. The Morgan fingerprint density at radius 3 is 1.67 bits per heavy atom. The van der Waals surface area contributed by atoms with E-state index in [1.165, 1.54) is 0 Å². The fourth-order valence-electron chi connectivity index (χ4n) is 0. The van der Waals surface area contributed by atoms with Gasteiger partial charge in [0.15, 0.2) is 0 Å². The van der Waals surface area contributed by atoms with Gasteiger partial charge in [-0.25, -0.2) is 0 Å². The summed E-state index contributed by atoms with van der Waals surface area (Å²) < 4.78 is 0. The van der Waals surface area contributed by atoms with E-state index >= 15 is 0 Å². The van der Waals surface area contributed by atoms with Crippen molar-refractivity contribution in [3.63, 3.8) is 0 Å². The van der Waals surface area contributed by atoms with Crippen molar-refractivity contribution in [2.24, 2.45) is 0 Å². The van der Waals surface area contributed by atoms with E-state index in [4.69, 9.17) is 11.1 Å². The average Bonchev–Trinajstić information content (AvgIpc) is 1.39. The summed E-state index contributed by atoms with van der Waals surface area (Å²) in [7, 11) is 0. The van der Waals surface area contributed by atoms with E-state index in [0.717, 1.165) is 0 Å². The molecule has 0 aliphatic rings. The zero-order valence-corrected chi connectivity index (χ0v) is 9.89. The van der Waals surface area contributed by atoms with Gasteiger partial charge in [0.2, 0.25) is 0 Å². The van der Waals surface area contributed by atoms with E-state index in [1.54, 1.807) is 0 Å². The number of rotatable bonds is 0. The molecule has 0 amide bonds. The van der Waals surface area contributed by atoms with Crippen molar-refractivity contribution in [3.05, 3.63) is 5.73 Å². The van der Waals surface area contributed by atoms with Crippen LogP contribution in [0.1, 0.15) is 0 Å². The SMILES string of the molecule is N=C[NH-].[Br][Pb+][Br]. The zero-order valence-electron chi connectivity index (χ0n) is 2.83. The molecule has 0 atom stereocenters. The van der Waals surface area contributed by atoms with Gasteiger partial charge in [0, 0.05) is 0 Å². The molecule has 1 radical (unpaired) electrons. The van der Waals surface area contributed by atoms with Crippen LogP contribution in [0.4, 0.5) is 0 Å². The van der Waals surface area contributed by atoms with E-state index in [9.17, 15) is 0 Å². The molecular formula is CH3Br2N2Pb. The van der Waals surface area contributed by atoms with Crippen molar-refractivity contribution in [1.29, 1.82) is 5.41 Å². The van der Waals surface area contributed by atoms with Gasteiger partial charge >= 0.3 is 43.4 Å². The summed E-state index contributed by atoms with van der Waals surface area (Å²) >= 11 is 6.22. The number of halogens is 2. The van der Waals surface area contributed by atoms with Crippen molar-refractivity contribution in [2.75, 3.05) is 0 Å². The van der Waals surface area contributed by atoms with E-state index in [-0.39, 0.29) is 19.4 Å². The van der Waals surface area contributed by atoms with Crippen LogP contribution in [0.25, 0.3) is 5.73 Å². The van der Waals surface area contributed by atoms with Gasteiger partial charge in [0.05, 0.1) is 0 Å². The molecule has 2 N–H and O–H groups in total. The quantitative estimate of drug-likeness (QED) is 0.361. The Morgan fingerprint density at radius 1 is 1.67 bits per heavy atom. The number of hydrogen-bond donors (Lipinski definition) is 1. The molecule has 0 unspecified atom stereocenters.